The van der Waals surface area contributed by atoms with Crippen molar-refractivity contribution in [1.82, 2.24) is 9.55 Å². The summed E-state index contributed by atoms with van der Waals surface area (Å²) < 4.78 is 15.0. The molecule has 8 rings (SSSR count). The smallest absolute Gasteiger partial charge is 0.414 e. The fourth-order valence-electron chi connectivity index (χ4n) is 7.92. The van der Waals surface area contributed by atoms with Gasteiger partial charge >= 0.3 is 12.1 Å². The van der Waals surface area contributed by atoms with Crippen molar-refractivity contribution in [2.24, 2.45) is 0 Å². The second-order valence-electron chi connectivity index (χ2n) is 14.7. The molecule has 1 N–H and O–H groups in total. The highest BCUT2D eigenvalue weighted by Gasteiger charge is 2.36. The maximum absolute atomic E-state index is 14.1. The van der Waals surface area contributed by atoms with Crippen LogP contribution in [0.5, 0.6) is 5.75 Å². The van der Waals surface area contributed by atoms with Crippen molar-refractivity contribution in [2.45, 2.75) is 70.9 Å². The van der Waals surface area contributed by atoms with Crippen LogP contribution in [0.4, 0.5) is 10.5 Å². The van der Waals surface area contributed by atoms with Crippen LogP contribution in [-0.2, 0) is 11.3 Å². The molecule has 2 aliphatic rings. The maximum Gasteiger partial charge on any atom is 0.414 e. The van der Waals surface area contributed by atoms with E-state index in [0.29, 0.717) is 28.9 Å². The zero-order valence-corrected chi connectivity index (χ0v) is 31.2. The van der Waals surface area contributed by atoms with Gasteiger partial charge in [0.25, 0.3) is 0 Å². The number of carboxylic acid groups (broad SMARTS) is 1. The number of pyridine rings is 1. The molecule has 8 nitrogen and oxygen atoms in total. The van der Waals surface area contributed by atoms with Gasteiger partial charge < -0.3 is 19.1 Å². The van der Waals surface area contributed by atoms with Gasteiger partial charge in [0.2, 0.25) is 0 Å². The van der Waals surface area contributed by atoms with Gasteiger partial charge in [-0.15, -0.1) is 11.3 Å². The van der Waals surface area contributed by atoms with Crippen molar-refractivity contribution in [3.05, 3.63) is 88.3 Å². The molecule has 10 heteroatoms. The average molecular weight is 734 g/mol. The maximum atomic E-state index is 14.1. The Kier molecular flexibility index (Phi) is 8.74. The summed E-state index contributed by atoms with van der Waals surface area (Å²) >= 11 is 7.60. The summed E-state index contributed by atoms with van der Waals surface area (Å²) in [5.74, 6) is 0.0941. The molecule has 3 aromatic heterocycles. The highest BCUT2D eigenvalue weighted by molar-refractivity contribution is 7.21. The van der Waals surface area contributed by atoms with E-state index in [1.54, 1.807) is 12.0 Å². The van der Waals surface area contributed by atoms with E-state index in [4.69, 9.17) is 26.1 Å². The highest BCUT2D eigenvalue weighted by Crippen LogP contribution is 2.51. The predicted octanol–water partition coefficient (Wildman–Crippen LogP) is 11.4. The summed E-state index contributed by atoms with van der Waals surface area (Å²) in [6.07, 6.45) is 5.14. The Balaban J connectivity index is 1.36. The molecule has 3 aromatic carbocycles. The molecule has 1 saturated carbocycles. The van der Waals surface area contributed by atoms with Gasteiger partial charge in [-0.2, -0.15) is 0 Å². The van der Waals surface area contributed by atoms with Gasteiger partial charge in [-0.25, -0.2) is 14.6 Å². The molecule has 52 heavy (non-hydrogen) atoms. The van der Waals surface area contributed by atoms with Crippen LogP contribution in [0.2, 0.25) is 5.02 Å². The molecule has 1 aliphatic carbocycles. The summed E-state index contributed by atoms with van der Waals surface area (Å²) in [4.78, 5) is 33.7. The Morgan fingerprint density at radius 3 is 2.37 bits per heavy atom. The van der Waals surface area contributed by atoms with Crippen molar-refractivity contribution in [3.63, 3.8) is 0 Å². The Labute approximate surface area is 311 Å². The molecule has 0 bridgehead atoms. The van der Waals surface area contributed by atoms with E-state index in [9.17, 15) is 14.7 Å². The number of aromatic carboxylic acids is 1. The molecule has 266 valence electrons. The van der Waals surface area contributed by atoms with Gasteiger partial charge in [-0.1, -0.05) is 49.1 Å². The number of aromatic nitrogens is 2. The van der Waals surface area contributed by atoms with E-state index in [-0.39, 0.29) is 0 Å². The number of carboxylic acids is 1. The van der Waals surface area contributed by atoms with Crippen molar-refractivity contribution >= 4 is 61.8 Å². The Morgan fingerprint density at radius 1 is 0.904 bits per heavy atom. The van der Waals surface area contributed by atoms with Gasteiger partial charge in [0.05, 0.1) is 39.9 Å². The fourth-order valence-corrected chi connectivity index (χ4v) is 9.17. The van der Waals surface area contributed by atoms with Crippen LogP contribution >= 0.6 is 22.9 Å². The Morgan fingerprint density at radius 2 is 1.65 bits per heavy atom. The lowest BCUT2D eigenvalue weighted by molar-refractivity contribution is 0.0579. The minimum absolute atomic E-state index is 0.296. The first-order valence-electron chi connectivity index (χ1n) is 17.8. The minimum Gasteiger partial charge on any atom is -0.497 e. The number of thiophene rings is 1. The van der Waals surface area contributed by atoms with Gasteiger partial charge in [0.15, 0.2) is 0 Å². The molecular weight excluding hydrogens is 694 g/mol. The number of anilines is 1. The predicted molar refractivity (Wildman–Crippen MR) is 209 cm³/mol. The third-order valence-electron chi connectivity index (χ3n) is 10.2. The molecule has 0 spiro atoms. The number of fused-ring (bicyclic) bond motifs is 7. The summed E-state index contributed by atoms with van der Waals surface area (Å²) in [5, 5.41) is 11.5. The molecule has 0 unspecified atom stereocenters. The first kappa shape index (κ1) is 34.2. The van der Waals surface area contributed by atoms with Gasteiger partial charge in [0.1, 0.15) is 16.2 Å². The Hall–Kier alpha value is -4.86. The quantitative estimate of drug-likeness (QED) is 0.190. The first-order valence-corrected chi connectivity index (χ1v) is 19.0. The molecule has 0 radical (unpaired) electrons. The number of hydrogen-bond donors (Lipinski definition) is 1. The molecule has 1 amide bonds. The van der Waals surface area contributed by atoms with E-state index >= 15 is 0 Å². The highest BCUT2D eigenvalue weighted by atomic mass is 35.5. The number of hydrogen-bond acceptors (Lipinski definition) is 6. The van der Waals surface area contributed by atoms with Crippen LogP contribution in [-0.4, -0.2) is 46.0 Å². The number of nitrogens with zero attached hydrogens (tertiary/aromatic N) is 3. The fraction of sp³-hybridized carbons (Fsp3) is 0.310. The number of halogens is 1. The van der Waals surface area contributed by atoms with Crippen LogP contribution in [0.1, 0.15) is 74.0 Å². The average Bonchev–Trinajstić information content (AvgIpc) is 3.64. The van der Waals surface area contributed by atoms with Crippen LogP contribution in [0.3, 0.4) is 0 Å². The number of methoxy groups -OCH3 is 1. The van der Waals surface area contributed by atoms with Gasteiger partial charge in [-0.05, 0) is 111 Å². The molecular formula is C42H40ClN3O5S. The van der Waals surface area contributed by atoms with Gasteiger partial charge in [-0.3, -0.25) is 4.90 Å². The number of carbonyl (C=O) groups excluding carboxylic acids is 1. The van der Waals surface area contributed by atoms with Crippen molar-refractivity contribution in [3.8, 4) is 39.4 Å². The monoisotopic (exact) mass is 733 g/mol. The van der Waals surface area contributed by atoms with E-state index < -0.39 is 17.7 Å². The lowest BCUT2D eigenvalue weighted by Gasteiger charge is -2.28. The zero-order chi connectivity index (χ0) is 36.3. The molecule has 4 heterocycles. The third kappa shape index (κ3) is 6.09. The summed E-state index contributed by atoms with van der Waals surface area (Å²) in [6, 6.07) is 23.7. The second-order valence-corrected chi connectivity index (χ2v) is 16.1. The zero-order valence-electron chi connectivity index (χ0n) is 29.7. The summed E-state index contributed by atoms with van der Waals surface area (Å²) in [6.45, 7) is 6.46. The largest absolute Gasteiger partial charge is 0.497 e. The summed E-state index contributed by atoms with van der Waals surface area (Å²) in [7, 11) is 1.65. The summed E-state index contributed by atoms with van der Waals surface area (Å²) in [5.41, 5.74) is 8.57. The number of benzene rings is 3. The van der Waals surface area contributed by atoms with Crippen molar-refractivity contribution in [1.29, 1.82) is 0 Å². The van der Waals surface area contributed by atoms with Crippen LogP contribution in [0.15, 0.2) is 72.8 Å². The molecule has 0 atom stereocenters. The van der Waals surface area contributed by atoms with E-state index in [0.717, 1.165) is 91.9 Å². The van der Waals surface area contributed by atoms with Gasteiger partial charge in [0, 0.05) is 34.6 Å². The lowest BCUT2D eigenvalue weighted by atomic mass is 9.82. The second kappa shape index (κ2) is 13.3. The van der Waals surface area contributed by atoms with E-state index in [1.165, 1.54) is 23.3 Å². The third-order valence-corrected chi connectivity index (χ3v) is 11.6. The van der Waals surface area contributed by atoms with Crippen molar-refractivity contribution < 1.29 is 24.2 Å². The number of amides is 1. The molecule has 0 saturated heterocycles. The molecule has 1 fully saturated rings. The molecule has 1 aliphatic heterocycles. The number of carbonyl (C=O) groups is 2. The van der Waals surface area contributed by atoms with Crippen LogP contribution in [0.25, 0.3) is 54.8 Å². The SMILES string of the molecule is COc1ccc(-c2ccc(Cl)cc2)c(-c2ccc3c4c(ccc3n2)-c2c(C3CCCCC3)c3sc(C(=O)O)cc3n2CCN4C(=O)OC(C)(C)C)c1. The van der Waals surface area contributed by atoms with Crippen LogP contribution in [0, 0.1) is 0 Å². The van der Waals surface area contributed by atoms with E-state index in [1.807, 2.05) is 81.4 Å². The van der Waals surface area contributed by atoms with Crippen LogP contribution < -0.4 is 9.64 Å². The van der Waals surface area contributed by atoms with Crippen molar-refractivity contribution in [2.75, 3.05) is 18.6 Å². The molecule has 6 aromatic rings. The van der Waals surface area contributed by atoms with E-state index in [2.05, 4.69) is 16.7 Å². The normalized spacial score (nSPS) is 15.0. The first-order chi connectivity index (χ1) is 25.0. The lowest BCUT2D eigenvalue weighted by Crippen LogP contribution is -2.38. The standard InChI is InChI=1S/C42H40ClN3O5S/c1-42(2,3)51-41(49)46-21-20-45-34-23-35(40(47)48)52-39(34)36(25-8-6-5-7-9-25)38(45)30-17-19-32-29(37(30)46)16-18-33(44-32)31-22-27(50-4)14-15-28(31)24-10-12-26(43)13-11-24/h10-19,22-23,25H,5-9,20-21H2,1-4H3,(H,47,48). The number of rotatable bonds is 5. The number of ether oxygens (including phenoxy) is 2. The minimum atomic E-state index is -0.919. The topological polar surface area (TPSA) is 93.9 Å². The Bertz CT molecular complexity index is 2370.